The van der Waals surface area contributed by atoms with E-state index in [-0.39, 0.29) is 0 Å². The number of rotatable bonds is 3. The Kier molecular flexibility index (Phi) is 3.72. The van der Waals surface area contributed by atoms with Crippen LogP contribution in [0.4, 0.5) is 0 Å². The molecule has 0 saturated carbocycles. The molecular formula is C17H15NOS. The minimum absolute atomic E-state index is 0.636. The summed E-state index contributed by atoms with van der Waals surface area (Å²) in [6.45, 7) is 0. The highest BCUT2D eigenvalue weighted by atomic mass is 32.2. The molecule has 0 bridgehead atoms. The highest BCUT2D eigenvalue weighted by Crippen LogP contribution is 2.25. The van der Waals surface area contributed by atoms with Gasteiger partial charge in [0.1, 0.15) is 6.10 Å². The van der Waals surface area contributed by atoms with Gasteiger partial charge in [0.25, 0.3) is 0 Å². The van der Waals surface area contributed by atoms with E-state index in [1.54, 1.807) is 18.0 Å². The van der Waals surface area contributed by atoms with Gasteiger partial charge < -0.3 is 5.11 Å². The van der Waals surface area contributed by atoms with E-state index in [4.69, 9.17) is 0 Å². The molecule has 2 nitrogen and oxygen atoms in total. The van der Waals surface area contributed by atoms with Crippen molar-refractivity contribution in [2.45, 2.75) is 11.0 Å². The van der Waals surface area contributed by atoms with Crippen LogP contribution in [0.25, 0.3) is 10.9 Å². The normalized spacial score (nSPS) is 12.5. The highest BCUT2D eigenvalue weighted by Gasteiger charge is 2.11. The smallest absolute Gasteiger partial charge is 0.106 e. The first-order valence-corrected chi connectivity index (χ1v) is 7.67. The fraction of sp³-hybridized carbons (Fsp3) is 0.118. The quantitative estimate of drug-likeness (QED) is 0.736. The second-order valence-corrected chi connectivity index (χ2v) is 5.52. The maximum absolute atomic E-state index is 10.5. The van der Waals surface area contributed by atoms with Crippen molar-refractivity contribution in [2.75, 3.05) is 6.26 Å². The third-order valence-electron chi connectivity index (χ3n) is 3.36. The van der Waals surface area contributed by atoms with Gasteiger partial charge in [0.05, 0.1) is 5.52 Å². The Morgan fingerprint density at radius 1 is 1.00 bits per heavy atom. The van der Waals surface area contributed by atoms with Gasteiger partial charge in [0.15, 0.2) is 0 Å². The van der Waals surface area contributed by atoms with Crippen LogP contribution in [0, 0.1) is 0 Å². The third kappa shape index (κ3) is 2.55. The lowest BCUT2D eigenvalue weighted by molar-refractivity contribution is 0.220. The van der Waals surface area contributed by atoms with Crippen LogP contribution >= 0.6 is 11.8 Å². The maximum Gasteiger partial charge on any atom is 0.106 e. The number of aliphatic hydroxyl groups excluding tert-OH is 1. The lowest BCUT2D eigenvalue weighted by atomic mass is 10.0. The molecule has 1 aromatic heterocycles. The second-order valence-electron chi connectivity index (χ2n) is 4.64. The van der Waals surface area contributed by atoms with Crippen LogP contribution in [0.5, 0.6) is 0 Å². The second kappa shape index (κ2) is 5.65. The monoisotopic (exact) mass is 281 g/mol. The van der Waals surface area contributed by atoms with Gasteiger partial charge >= 0.3 is 0 Å². The van der Waals surface area contributed by atoms with E-state index in [1.807, 2.05) is 60.9 Å². The summed E-state index contributed by atoms with van der Waals surface area (Å²) < 4.78 is 0. The molecule has 0 aliphatic rings. The summed E-state index contributed by atoms with van der Waals surface area (Å²) in [5, 5.41) is 11.5. The van der Waals surface area contributed by atoms with Crippen LogP contribution in [-0.4, -0.2) is 16.3 Å². The summed E-state index contributed by atoms with van der Waals surface area (Å²) in [6.07, 6.45) is 3.15. The van der Waals surface area contributed by atoms with E-state index < -0.39 is 6.10 Å². The van der Waals surface area contributed by atoms with E-state index in [1.165, 1.54) is 4.90 Å². The summed E-state index contributed by atoms with van der Waals surface area (Å²) in [4.78, 5) is 5.59. The molecule has 20 heavy (non-hydrogen) atoms. The first-order chi connectivity index (χ1) is 9.78. The lowest BCUT2D eigenvalue weighted by Gasteiger charge is -2.12. The minimum Gasteiger partial charge on any atom is -0.384 e. The van der Waals surface area contributed by atoms with E-state index in [0.717, 1.165) is 22.0 Å². The summed E-state index contributed by atoms with van der Waals surface area (Å²) in [5.41, 5.74) is 2.65. The molecule has 0 aliphatic heterocycles. The molecule has 100 valence electrons. The van der Waals surface area contributed by atoms with E-state index in [2.05, 4.69) is 4.98 Å². The van der Waals surface area contributed by atoms with Gasteiger partial charge in [0.2, 0.25) is 0 Å². The van der Waals surface area contributed by atoms with Crippen molar-refractivity contribution in [3.8, 4) is 0 Å². The van der Waals surface area contributed by atoms with E-state index >= 15 is 0 Å². The Hall–Kier alpha value is -1.84. The summed E-state index contributed by atoms with van der Waals surface area (Å²) in [7, 11) is 0. The first kappa shape index (κ1) is 13.2. The fourth-order valence-electron chi connectivity index (χ4n) is 2.22. The van der Waals surface area contributed by atoms with Gasteiger partial charge in [-0.05, 0) is 36.1 Å². The molecule has 0 fully saturated rings. The molecule has 0 amide bonds. The van der Waals surface area contributed by atoms with Crippen molar-refractivity contribution >= 4 is 22.7 Å². The van der Waals surface area contributed by atoms with Crippen molar-refractivity contribution in [2.24, 2.45) is 0 Å². The molecule has 1 atom stereocenters. The van der Waals surface area contributed by atoms with Crippen LogP contribution in [-0.2, 0) is 0 Å². The zero-order valence-corrected chi connectivity index (χ0v) is 12.0. The number of benzene rings is 2. The summed E-state index contributed by atoms with van der Waals surface area (Å²) in [5.74, 6) is 0. The number of fused-ring (bicyclic) bond motifs is 1. The number of aliphatic hydroxyl groups is 1. The van der Waals surface area contributed by atoms with Gasteiger partial charge in [-0.15, -0.1) is 11.8 Å². The molecule has 1 heterocycles. The molecule has 0 spiro atoms. The highest BCUT2D eigenvalue weighted by molar-refractivity contribution is 7.98. The number of thioether (sulfide) groups is 1. The Labute approximate surface area is 122 Å². The number of pyridine rings is 1. The molecule has 3 rings (SSSR count). The van der Waals surface area contributed by atoms with Crippen LogP contribution in [0.3, 0.4) is 0 Å². The average molecular weight is 281 g/mol. The number of hydrogen-bond donors (Lipinski definition) is 1. The Balaban J connectivity index is 1.96. The number of hydrogen-bond acceptors (Lipinski definition) is 3. The Morgan fingerprint density at radius 3 is 2.50 bits per heavy atom. The molecule has 1 N–H and O–H groups in total. The molecule has 3 heteroatoms. The minimum atomic E-state index is -0.636. The molecule has 0 radical (unpaired) electrons. The summed E-state index contributed by atoms with van der Waals surface area (Å²) in [6, 6.07) is 17.9. The molecular weight excluding hydrogens is 266 g/mol. The Bertz CT molecular complexity index is 724. The zero-order chi connectivity index (χ0) is 13.9. The van der Waals surface area contributed by atoms with Gasteiger partial charge in [-0.3, -0.25) is 4.98 Å². The predicted molar refractivity (Wildman–Crippen MR) is 84.0 cm³/mol. The van der Waals surface area contributed by atoms with Gasteiger partial charge in [-0.25, -0.2) is 0 Å². The van der Waals surface area contributed by atoms with Gasteiger partial charge in [-0.1, -0.05) is 30.3 Å². The third-order valence-corrected chi connectivity index (χ3v) is 4.10. The van der Waals surface area contributed by atoms with Crippen LogP contribution < -0.4 is 0 Å². The van der Waals surface area contributed by atoms with Crippen molar-refractivity contribution in [1.82, 2.24) is 4.98 Å². The SMILES string of the molecule is CSc1ccc(C(O)c2cnc3ccccc3c2)cc1. The van der Waals surface area contributed by atoms with E-state index in [0.29, 0.717) is 0 Å². The predicted octanol–water partition coefficient (Wildman–Crippen LogP) is 4.04. The van der Waals surface area contributed by atoms with Gasteiger partial charge in [0, 0.05) is 22.0 Å². The molecule has 1 unspecified atom stereocenters. The molecule has 0 aliphatic carbocycles. The fourth-order valence-corrected chi connectivity index (χ4v) is 2.62. The Morgan fingerprint density at radius 2 is 1.75 bits per heavy atom. The molecule has 0 saturated heterocycles. The average Bonchev–Trinajstić information content (AvgIpc) is 2.54. The number of nitrogens with zero attached hydrogens (tertiary/aromatic N) is 1. The first-order valence-electron chi connectivity index (χ1n) is 6.44. The largest absolute Gasteiger partial charge is 0.384 e. The number of para-hydroxylation sites is 1. The lowest BCUT2D eigenvalue weighted by Crippen LogP contribution is -2.00. The molecule has 2 aromatic carbocycles. The topological polar surface area (TPSA) is 33.1 Å². The molecule has 3 aromatic rings. The number of aromatic nitrogens is 1. The van der Waals surface area contributed by atoms with Crippen molar-refractivity contribution in [1.29, 1.82) is 0 Å². The van der Waals surface area contributed by atoms with Crippen LogP contribution in [0.15, 0.2) is 65.7 Å². The van der Waals surface area contributed by atoms with Crippen LogP contribution in [0.2, 0.25) is 0 Å². The zero-order valence-electron chi connectivity index (χ0n) is 11.2. The van der Waals surface area contributed by atoms with Crippen molar-refractivity contribution < 1.29 is 5.11 Å². The van der Waals surface area contributed by atoms with Crippen molar-refractivity contribution in [3.05, 3.63) is 71.9 Å². The summed E-state index contributed by atoms with van der Waals surface area (Å²) >= 11 is 1.69. The maximum atomic E-state index is 10.5. The van der Waals surface area contributed by atoms with Crippen molar-refractivity contribution in [3.63, 3.8) is 0 Å². The van der Waals surface area contributed by atoms with Crippen LogP contribution in [0.1, 0.15) is 17.2 Å². The van der Waals surface area contributed by atoms with Gasteiger partial charge in [-0.2, -0.15) is 0 Å². The standard InChI is InChI=1S/C17H15NOS/c1-20-15-8-6-12(7-9-15)17(19)14-10-13-4-2-3-5-16(13)18-11-14/h2-11,17,19H,1H3. The van der Waals surface area contributed by atoms with E-state index in [9.17, 15) is 5.11 Å².